The number of anilines is 1. The van der Waals surface area contributed by atoms with Gasteiger partial charge in [-0.3, -0.25) is 10.1 Å². The summed E-state index contributed by atoms with van der Waals surface area (Å²) in [5.41, 5.74) is 0.359. The minimum atomic E-state index is -1.25. The molecule has 0 aliphatic rings. The zero-order chi connectivity index (χ0) is 15.4. The van der Waals surface area contributed by atoms with E-state index in [0.29, 0.717) is 13.0 Å². The van der Waals surface area contributed by atoms with Gasteiger partial charge in [-0.15, -0.1) is 11.3 Å². The molecule has 2 rings (SSSR count). The van der Waals surface area contributed by atoms with Crippen LogP contribution >= 0.6 is 11.3 Å². The van der Waals surface area contributed by atoms with Crippen molar-refractivity contribution < 1.29 is 14.8 Å². The number of carboxylic acid groups (broad SMARTS) is 1. The summed E-state index contributed by atoms with van der Waals surface area (Å²) in [5, 5.41) is 25.5. The Morgan fingerprint density at radius 1 is 1.57 bits per heavy atom. The van der Waals surface area contributed by atoms with Crippen molar-refractivity contribution in [2.45, 2.75) is 13.3 Å². The minimum absolute atomic E-state index is 0.0540. The Balaban J connectivity index is 2.08. The maximum Gasteiger partial charge on any atom is 0.337 e. The van der Waals surface area contributed by atoms with Gasteiger partial charge in [-0.25, -0.2) is 14.8 Å². The van der Waals surface area contributed by atoms with E-state index in [1.165, 1.54) is 11.3 Å². The van der Waals surface area contributed by atoms with E-state index in [0.717, 1.165) is 23.0 Å². The van der Waals surface area contributed by atoms with Crippen molar-refractivity contribution in [2.24, 2.45) is 0 Å². The van der Waals surface area contributed by atoms with Gasteiger partial charge >= 0.3 is 11.7 Å². The fraction of sp³-hybridized carbons (Fsp3) is 0.250. The van der Waals surface area contributed by atoms with E-state index in [9.17, 15) is 14.9 Å². The number of aryl methyl sites for hydroxylation is 1. The average molecular weight is 308 g/mol. The molecule has 0 saturated carbocycles. The largest absolute Gasteiger partial charge is 0.478 e. The molecule has 0 unspecified atom stereocenters. The summed E-state index contributed by atoms with van der Waals surface area (Å²) in [6.45, 7) is 2.32. The lowest BCUT2D eigenvalue weighted by molar-refractivity contribution is -0.384. The summed E-state index contributed by atoms with van der Waals surface area (Å²) in [4.78, 5) is 29.2. The fourth-order valence-electron chi connectivity index (χ4n) is 1.65. The fourth-order valence-corrected chi connectivity index (χ4v) is 2.43. The van der Waals surface area contributed by atoms with Crippen molar-refractivity contribution in [3.63, 3.8) is 0 Å². The molecule has 0 saturated heterocycles. The number of nitrogens with zero attached hydrogens (tertiary/aromatic N) is 3. The summed E-state index contributed by atoms with van der Waals surface area (Å²) in [6, 6.07) is 0.991. The van der Waals surface area contributed by atoms with Gasteiger partial charge in [-0.2, -0.15) is 0 Å². The molecule has 9 heteroatoms. The highest BCUT2D eigenvalue weighted by Crippen LogP contribution is 2.22. The third kappa shape index (κ3) is 3.72. The number of hydrogen-bond donors (Lipinski definition) is 2. The number of hydrogen-bond acceptors (Lipinski definition) is 7. The van der Waals surface area contributed by atoms with Crippen molar-refractivity contribution in [1.29, 1.82) is 0 Å². The Morgan fingerprint density at radius 2 is 2.33 bits per heavy atom. The number of nitrogens with one attached hydrogen (secondary N) is 1. The number of carbonyl (C=O) groups is 1. The molecule has 0 fully saturated rings. The quantitative estimate of drug-likeness (QED) is 0.619. The monoisotopic (exact) mass is 308 g/mol. The number of nitro groups is 1. The van der Waals surface area contributed by atoms with E-state index < -0.39 is 10.9 Å². The summed E-state index contributed by atoms with van der Waals surface area (Å²) in [6.07, 6.45) is 1.70. The lowest BCUT2D eigenvalue weighted by Crippen LogP contribution is -2.10. The molecular weight excluding hydrogens is 296 g/mol. The van der Waals surface area contributed by atoms with Gasteiger partial charge in [-0.05, 0) is 6.92 Å². The summed E-state index contributed by atoms with van der Waals surface area (Å²) in [7, 11) is 0. The van der Waals surface area contributed by atoms with Crippen LogP contribution in [0.3, 0.4) is 0 Å². The Bertz CT molecular complexity index is 686. The third-order valence-electron chi connectivity index (χ3n) is 2.61. The van der Waals surface area contributed by atoms with E-state index in [1.807, 2.05) is 12.3 Å². The van der Waals surface area contributed by atoms with Gasteiger partial charge in [0.1, 0.15) is 0 Å². The summed E-state index contributed by atoms with van der Waals surface area (Å²) in [5.74, 6) is -1.20. The smallest absolute Gasteiger partial charge is 0.337 e. The van der Waals surface area contributed by atoms with Gasteiger partial charge in [-0.1, -0.05) is 0 Å². The second-order valence-electron chi connectivity index (χ2n) is 4.21. The lowest BCUT2D eigenvalue weighted by Gasteiger charge is -2.05. The number of pyridine rings is 1. The standard InChI is InChI=1S/C12H12N4O4S/c1-7-6-21-10(15-7)2-3-13-11-9(16(19)20)4-8(5-14-11)12(17)18/h4-6H,2-3H2,1H3,(H,13,14)(H,17,18). The predicted molar refractivity (Wildman–Crippen MR) is 76.9 cm³/mol. The maximum atomic E-state index is 11.0. The number of rotatable bonds is 6. The first-order chi connectivity index (χ1) is 9.97. The molecule has 0 aliphatic heterocycles. The molecule has 0 amide bonds. The highest BCUT2D eigenvalue weighted by molar-refractivity contribution is 7.09. The number of thiazole rings is 1. The van der Waals surface area contributed by atoms with Crippen LogP contribution in [0, 0.1) is 17.0 Å². The van der Waals surface area contributed by atoms with Crippen molar-refractivity contribution in [3.8, 4) is 0 Å². The predicted octanol–water partition coefficient (Wildman–Crippen LogP) is 2.11. The molecule has 21 heavy (non-hydrogen) atoms. The van der Waals surface area contributed by atoms with Crippen LogP contribution in [-0.4, -0.2) is 32.5 Å². The summed E-state index contributed by atoms with van der Waals surface area (Å²) < 4.78 is 0. The molecule has 0 spiro atoms. The molecule has 0 bridgehead atoms. The first-order valence-electron chi connectivity index (χ1n) is 6.00. The highest BCUT2D eigenvalue weighted by atomic mass is 32.1. The Kier molecular flexibility index (Phi) is 4.43. The number of carboxylic acids is 1. The molecular formula is C12H12N4O4S. The van der Waals surface area contributed by atoms with Gasteiger partial charge in [0.15, 0.2) is 0 Å². The molecule has 0 atom stereocenters. The molecule has 110 valence electrons. The number of aromatic carboxylic acids is 1. The Morgan fingerprint density at radius 3 is 2.90 bits per heavy atom. The second kappa shape index (κ2) is 6.27. The van der Waals surface area contributed by atoms with Crippen molar-refractivity contribution in [2.75, 3.05) is 11.9 Å². The van der Waals surface area contributed by atoms with Crippen LogP contribution < -0.4 is 5.32 Å². The van der Waals surface area contributed by atoms with Crippen LogP contribution in [0.2, 0.25) is 0 Å². The van der Waals surface area contributed by atoms with Crippen LogP contribution in [0.25, 0.3) is 0 Å². The van der Waals surface area contributed by atoms with E-state index in [2.05, 4.69) is 15.3 Å². The van der Waals surface area contributed by atoms with Crippen LogP contribution in [0.4, 0.5) is 11.5 Å². The molecule has 0 radical (unpaired) electrons. The average Bonchev–Trinajstić information content (AvgIpc) is 2.84. The van der Waals surface area contributed by atoms with E-state index in [1.54, 1.807) is 0 Å². The van der Waals surface area contributed by atoms with E-state index in [-0.39, 0.29) is 17.1 Å². The van der Waals surface area contributed by atoms with E-state index in [4.69, 9.17) is 5.11 Å². The molecule has 2 aromatic heterocycles. The van der Waals surface area contributed by atoms with Crippen molar-refractivity contribution >= 4 is 28.8 Å². The van der Waals surface area contributed by atoms with Gasteiger partial charge in [0.05, 0.1) is 15.5 Å². The van der Waals surface area contributed by atoms with Gasteiger partial charge in [0, 0.05) is 36.3 Å². The molecule has 8 nitrogen and oxygen atoms in total. The lowest BCUT2D eigenvalue weighted by atomic mass is 10.2. The van der Waals surface area contributed by atoms with Crippen LogP contribution in [0.1, 0.15) is 21.1 Å². The second-order valence-corrected chi connectivity index (χ2v) is 5.16. The Labute approximate surface area is 123 Å². The first kappa shape index (κ1) is 14.9. The molecule has 2 N–H and O–H groups in total. The zero-order valence-electron chi connectivity index (χ0n) is 11.1. The van der Waals surface area contributed by atoms with Crippen LogP contribution in [-0.2, 0) is 6.42 Å². The Hall–Kier alpha value is -2.55. The first-order valence-corrected chi connectivity index (χ1v) is 6.88. The van der Waals surface area contributed by atoms with E-state index >= 15 is 0 Å². The summed E-state index contributed by atoms with van der Waals surface area (Å²) >= 11 is 1.52. The van der Waals surface area contributed by atoms with Crippen molar-refractivity contribution in [1.82, 2.24) is 9.97 Å². The van der Waals surface area contributed by atoms with Crippen LogP contribution in [0.15, 0.2) is 17.6 Å². The van der Waals surface area contributed by atoms with Crippen molar-refractivity contribution in [3.05, 3.63) is 44.0 Å². The molecule has 2 heterocycles. The maximum absolute atomic E-state index is 11.0. The van der Waals surface area contributed by atoms with Crippen LogP contribution in [0.5, 0.6) is 0 Å². The molecule has 0 aliphatic carbocycles. The third-order valence-corrected chi connectivity index (χ3v) is 3.64. The topological polar surface area (TPSA) is 118 Å². The SMILES string of the molecule is Cc1csc(CCNc2ncc(C(=O)O)cc2[N+](=O)[O-])n1. The number of aromatic nitrogens is 2. The van der Waals surface area contributed by atoms with Gasteiger partial charge in [0.2, 0.25) is 5.82 Å². The normalized spacial score (nSPS) is 10.3. The highest BCUT2D eigenvalue weighted by Gasteiger charge is 2.18. The molecule has 2 aromatic rings. The molecule has 0 aromatic carbocycles. The van der Waals surface area contributed by atoms with Gasteiger partial charge in [0.25, 0.3) is 0 Å². The van der Waals surface area contributed by atoms with Gasteiger partial charge < -0.3 is 10.4 Å². The zero-order valence-corrected chi connectivity index (χ0v) is 11.9. The minimum Gasteiger partial charge on any atom is -0.478 e.